The number of fused-ring (bicyclic) bond motifs is 1. The zero-order valence-corrected chi connectivity index (χ0v) is 19.9. The molecular formula is C23H27ClN2O2S2. The van der Waals surface area contributed by atoms with Crippen LogP contribution in [0.2, 0.25) is 5.02 Å². The highest BCUT2D eigenvalue weighted by Gasteiger charge is 2.44. The Hall–Kier alpha value is -1.50. The van der Waals surface area contributed by atoms with E-state index in [2.05, 4.69) is 12.2 Å². The highest BCUT2D eigenvalue weighted by molar-refractivity contribution is 7.99. The zero-order valence-electron chi connectivity index (χ0n) is 17.5. The highest BCUT2D eigenvalue weighted by atomic mass is 35.5. The van der Waals surface area contributed by atoms with Crippen LogP contribution in [0, 0.1) is 5.92 Å². The molecule has 4 nitrogen and oxygen atoms in total. The lowest BCUT2D eigenvalue weighted by atomic mass is 9.67. The number of aromatic nitrogens is 1. The summed E-state index contributed by atoms with van der Waals surface area (Å²) in [6, 6.07) is 9.64. The monoisotopic (exact) mass is 462 g/mol. The summed E-state index contributed by atoms with van der Waals surface area (Å²) in [4.78, 5) is 17.3. The molecule has 7 heteroatoms. The fourth-order valence-corrected chi connectivity index (χ4v) is 6.17. The average molecular weight is 463 g/mol. The van der Waals surface area contributed by atoms with Crippen LogP contribution in [-0.4, -0.2) is 22.7 Å². The summed E-state index contributed by atoms with van der Waals surface area (Å²) in [7, 11) is 0. The van der Waals surface area contributed by atoms with Crippen molar-refractivity contribution in [1.29, 1.82) is 0 Å². The summed E-state index contributed by atoms with van der Waals surface area (Å²) < 4.78 is 6.82. The van der Waals surface area contributed by atoms with E-state index in [1.807, 2.05) is 38.1 Å². The predicted octanol–water partition coefficient (Wildman–Crippen LogP) is 6.92. The maximum Gasteiger partial charge on any atom is 0.287 e. The van der Waals surface area contributed by atoms with Gasteiger partial charge in [-0.25, -0.2) is 4.98 Å². The smallest absolute Gasteiger partial charge is 0.287 e. The minimum absolute atomic E-state index is 0.00253. The summed E-state index contributed by atoms with van der Waals surface area (Å²) in [5.41, 5.74) is 0.993. The van der Waals surface area contributed by atoms with E-state index < -0.39 is 0 Å². The van der Waals surface area contributed by atoms with E-state index in [1.165, 1.54) is 12.8 Å². The molecule has 160 valence electrons. The van der Waals surface area contributed by atoms with Gasteiger partial charge in [-0.15, -0.1) is 11.3 Å². The number of thiazole rings is 1. The van der Waals surface area contributed by atoms with Crippen molar-refractivity contribution in [2.24, 2.45) is 5.92 Å². The van der Waals surface area contributed by atoms with Crippen LogP contribution >= 0.6 is 34.7 Å². The van der Waals surface area contributed by atoms with Gasteiger partial charge in [-0.2, -0.15) is 0 Å². The van der Waals surface area contributed by atoms with Gasteiger partial charge in [-0.05, 0) is 61.9 Å². The van der Waals surface area contributed by atoms with Gasteiger partial charge in [0.1, 0.15) is 0 Å². The molecule has 5 rings (SSSR count). The normalized spacial score (nSPS) is 22.9. The molecule has 3 aromatic rings. The Balaban J connectivity index is 0.00000106. The molecule has 30 heavy (non-hydrogen) atoms. The lowest BCUT2D eigenvalue weighted by Gasteiger charge is -2.43. The van der Waals surface area contributed by atoms with E-state index in [-0.39, 0.29) is 17.4 Å². The van der Waals surface area contributed by atoms with E-state index in [0.29, 0.717) is 5.76 Å². The minimum atomic E-state index is -0.124. The number of hydrogen-bond donors (Lipinski definition) is 1. The van der Waals surface area contributed by atoms with Crippen molar-refractivity contribution in [2.45, 2.75) is 63.0 Å². The Morgan fingerprint density at radius 1 is 1.30 bits per heavy atom. The third-order valence-electron chi connectivity index (χ3n) is 5.56. The standard InChI is InChI=1S/C21H21ClN2O2S2.C2H6/c1-21(20-24-15-5-4-13(22)8-17(15)28-20)9-14(10-21)23-19(25)16-6-7-18(26-16)27-11-12-2-3-12;1-2/h4-8,12,14H,2-3,9-11H2,1H3,(H,23,25);1-2H3. The summed E-state index contributed by atoms with van der Waals surface area (Å²) in [5, 5.41) is 5.79. The Bertz CT molecular complexity index is 1030. The summed E-state index contributed by atoms with van der Waals surface area (Å²) in [5.74, 6) is 2.20. The van der Waals surface area contributed by atoms with Gasteiger partial charge < -0.3 is 9.73 Å². The zero-order chi connectivity index (χ0) is 21.3. The first kappa shape index (κ1) is 21.7. The van der Waals surface area contributed by atoms with E-state index in [9.17, 15) is 4.79 Å². The van der Waals surface area contributed by atoms with Gasteiger partial charge >= 0.3 is 0 Å². The molecule has 0 saturated heterocycles. The lowest BCUT2D eigenvalue weighted by molar-refractivity contribution is 0.0841. The van der Waals surface area contributed by atoms with Gasteiger partial charge in [-0.3, -0.25) is 4.79 Å². The molecule has 0 bridgehead atoms. The Morgan fingerprint density at radius 3 is 2.80 bits per heavy atom. The maximum atomic E-state index is 12.5. The van der Waals surface area contributed by atoms with E-state index in [0.717, 1.165) is 49.9 Å². The number of amides is 1. The number of furan rings is 1. The number of halogens is 1. The van der Waals surface area contributed by atoms with Gasteiger partial charge in [0.25, 0.3) is 5.91 Å². The first-order valence-electron chi connectivity index (χ1n) is 10.6. The number of thioether (sulfide) groups is 1. The fraction of sp³-hybridized carbons (Fsp3) is 0.478. The molecule has 2 heterocycles. The number of carbonyl (C=O) groups excluding carboxylic acids is 1. The maximum absolute atomic E-state index is 12.5. The molecule has 2 aliphatic rings. The van der Waals surface area contributed by atoms with Crippen LogP contribution in [0.1, 0.15) is 62.0 Å². The van der Waals surface area contributed by atoms with Gasteiger partial charge in [-0.1, -0.05) is 44.1 Å². The van der Waals surface area contributed by atoms with Crippen molar-refractivity contribution in [2.75, 3.05) is 5.75 Å². The van der Waals surface area contributed by atoms with Gasteiger partial charge in [0.05, 0.1) is 15.2 Å². The number of benzene rings is 1. The summed E-state index contributed by atoms with van der Waals surface area (Å²) in [6.07, 6.45) is 4.42. The van der Waals surface area contributed by atoms with Crippen molar-refractivity contribution in [3.05, 3.63) is 46.1 Å². The van der Waals surface area contributed by atoms with E-state index in [1.54, 1.807) is 29.2 Å². The first-order valence-corrected chi connectivity index (χ1v) is 12.8. The topological polar surface area (TPSA) is 55.1 Å². The van der Waals surface area contributed by atoms with Crippen molar-refractivity contribution < 1.29 is 9.21 Å². The van der Waals surface area contributed by atoms with Crippen LogP contribution in [0.5, 0.6) is 0 Å². The van der Waals surface area contributed by atoms with Crippen LogP contribution < -0.4 is 5.32 Å². The second kappa shape index (κ2) is 8.93. The van der Waals surface area contributed by atoms with Crippen molar-refractivity contribution in [3.8, 4) is 0 Å². The van der Waals surface area contributed by atoms with Gasteiger partial charge in [0.15, 0.2) is 10.9 Å². The molecule has 2 aliphatic carbocycles. The fourth-order valence-electron chi connectivity index (χ4n) is 3.72. The quantitative estimate of drug-likeness (QED) is 0.404. The highest BCUT2D eigenvalue weighted by Crippen LogP contribution is 2.46. The molecule has 2 fully saturated rings. The lowest BCUT2D eigenvalue weighted by Crippen LogP contribution is -2.51. The second-order valence-electron chi connectivity index (χ2n) is 8.14. The van der Waals surface area contributed by atoms with Crippen molar-refractivity contribution in [3.63, 3.8) is 0 Å². The molecule has 0 aliphatic heterocycles. The minimum Gasteiger partial charge on any atom is -0.445 e. The van der Waals surface area contributed by atoms with E-state index >= 15 is 0 Å². The molecule has 1 N–H and O–H groups in total. The number of hydrogen-bond acceptors (Lipinski definition) is 5. The molecule has 2 aromatic heterocycles. The number of carbonyl (C=O) groups is 1. The summed E-state index contributed by atoms with van der Waals surface area (Å²) >= 11 is 9.49. The van der Waals surface area contributed by atoms with Crippen LogP contribution in [0.25, 0.3) is 10.2 Å². The van der Waals surface area contributed by atoms with Crippen LogP contribution in [-0.2, 0) is 5.41 Å². The Kier molecular flexibility index (Phi) is 6.47. The van der Waals surface area contributed by atoms with Crippen LogP contribution in [0.3, 0.4) is 0 Å². The Labute approximate surface area is 190 Å². The molecule has 1 amide bonds. The molecular weight excluding hydrogens is 436 g/mol. The number of nitrogens with one attached hydrogen (secondary N) is 1. The number of nitrogens with zero attached hydrogens (tertiary/aromatic N) is 1. The largest absolute Gasteiger partial charge is 0.445 e. The SMILES string of the molecule is CC.CC1(c2nc3ccc(Cl)cc3s2)CC(NC(=O)c2ccc(SCC3CC3)o2)C1. The third kappa shape index (κ3) is 4.71. The van der Waals surface area contributed by atoms with Crippen molar-refractivity contribution in [1.82, 2.24) is 10.3 Å². The summed E-state index contributed by atoms with van der Waals surface area (Å²) in [6.45, 7) is 6.22. The Morgan fingerprint density at radius 2 is 2.07 bits per heavy atom. The van der Waals surface area contributed by atoms with Crippen LogP contribution in [0.4, 0.5) is 0 Å². The van der Waals surface area contributed by atoms with Crippen molar-refractivity contribution >= 4 is 50.8 Å². The first-order chi connectivity index (χ1) is 14.5. The van der Waals surface area contributed by atoms with Gasteiger partial charge in [0.2, 0.25) is 0 Å². The predicted molar refractivity (Wildman–Crippen MR) is 126 cm³/mol. The molecule has 0 unspecified atom stereocenters. The van der Waals surface area contributed by atoms with Gasteiger partial charge in [0, 0.05) is 22.2 Å². The van der Waals surface area contributed by atoms with Crippen LogP contribution in [0.15, 0.2) is 39.8 Å². The van der Waals surface area contributed by atoms with E-state index in [4.69, 9.17) is 21.0 Å². The molecule has 0 radical (unpaired) electrons. The molecule has 0 spiro atoms. The third-order valence-corrected chi connectivity index (χ3v) is 8.26. The second-order valence-corrected chi connectivity index (χ2v) is 10.6. The molecule has 0 atom stereocenters. The average Bonchev–Trinajstić information content (AvgIpc) is 3.25. The molecule has 2 saturated carbocycles. The molecule has 1 aromatic carbocycles. The number of rotatable bonds is 6.